The van der Waals surface area contributed by atoms with Crippen LogP contribution in [-0.4, -0.2) is 23.9 Å². The van der Waals surface area contributed by atoms with E-state index in [1.54, 1.807) is 29.2 Å². The molecule has 0 atom stereocenters. The molecule has 35 heavy (non-hydrogen) atoms. The van der Waals surface area contributed by atoms with Gasteiger partial charge in [-0.15, -0.1) is 0 Å². The fraction of sp³-hybridized carbons (Fsp3) is 0.250. The SMILES string of the molecule is CCN(CC)C(=O)/C=C/c1cc(OCc2ccccc2)c(OCc2ccccc2)c(C(F)(F)F)c1. The van der Waals surface area contributed by atoms with Crippen molar-refractivity contribution in [3.05, 3.63) is 101 Å². The highest BCUT2D eigenvalue weighted by molar-refractivity contribution is 5.91. The Hall–Kier alpha value is -3.74. The van der Waals surface area contributed by atoms with E-state index in [0.29, 0.717) is 13.1 Å². The molecule has 0 saturated carbocycles. The maximum atomic E-state index is 14.1. The predicted molar refractivity (Wildman–Crippen MR) is 130 cm³/mol. The third kappa shape index (κ3) is 7.37. The van der Waals surface area contributed by atoms with Crippen LogP contribution >= 0.6 is 0 Å². The Morgan fingerprint density at radius 1 is 0.857 bits per heavy atom. The van der Waals surface area contributed by atoms with E-state index >= 15 is 0 Å². The van der Waals surface area contributed by atoms with Crippen LogP contribution in [0.5, 0.6) is 11.5 Å². The highest BCUT2D eigenvalue weighted by Crippen LogP contribution is 2.43. The number of rotatable bonds is 10. The molecule has 3 rings (SSSR count). The van der Waals surface area contributed by atoms with Crippen molar-refractivity contribution in [1.82, 2.24) is 4.90 Å². The van der Waals surface area contributed by atoms with E-state index in [9.17, 15) is 18.0 Å². The molecule has 0 saturated heterocycles. The van der Waals surface area contributed by atoms with Crippen molar-refractivity contribution in [2.75, 3.05) is 13.1 Å². The standard InChI is InChI=1S/C28H28F3NO3/c1-3-32(4-2)26(33)16-15-23-17-24(28(29,30)31)27(35-20-22-13-9-6-10-14-22)25(18-23)34-19-21-11-7-5-8-12-21/h5-18H,3-4,19-20H2,1-2H3/b16-15+. The number of benzene rings is 3. The minimum atomic E-state index is -4.69. The van der Waals surface area contributed by atoms with E-state index in [2.05, 4.69) is 0 Å². The quantitative estimate of drug-likeness (QED) is 0.300. The molecule has 3 aromatic rings. The van der Waals surface area contributed by atoms with Crippen molar-refractivity contribution < 1.29 is 27.4 Å². The summed E-state index contributed by atoms with van der Waals surface area (Å²) in [6.45, 7) is 4.69. The average molecular weight is 484 g/mol. The van der Waals surface area contributed by atoms with Gasteiger partial charge in [-0.05, 0) is 48.7 Å². The number of carbonyl (C=O) groups is 1. The van der Waals surface area contributed by atoms with Gasteiger partial charge in [0.25, 0.3) is 0 Å². The van der Waals surface area contributed by atoms with E-state index in [4.69, 9.17) is 9.47 Å². The van der Waals surface area contributed by atoms with Gasteiger partial charge in [0.1, 0.15) is 18.8 Å². The van der Waals surface area contributed by atoms with Gasteiger partial charge in [-0.1, -0.05) is 60.7 Å². The highest BCUT2D eigenvalue weighted by Gasteiger charge is 2.36. The number of hydrogen-bond acceptors (Lipinski definition) is 3. The number of nitrogens with zero attached hydrogens (tertiary/aromatic N) is 1. The second-order valence-electron chi connectivity index (χ2n) is 7.79. The van der Waals surface area contributed by atoms with Gasteiger partial charge in [-0.2, -0.15) is 13.2 Å². The molecule has 0 heterocycles. The lowest BCUT2D eigenvalue weighted by atomic mass is 10.1. The second kappa shape index (κ2) is 12.1. The van der Waals surface area contributed by atoms with Gasteiger partial charge in [0.05, 0.1) is 0 Å². The number of carbonyl (C=O) groups excluding carboxylic acids is 1. The predicted octanol–water partition coefficient (Wildman–Crippen LogP) is 6.75. The number of ether oxygens (including phenoxy) is 2. The first kappa shape index (κ1) is 25.9. The van der Waals surface area contributed by atoms with Crippen molar-refractivity contribution in [1.29, 1.82) is 0 Å². The second-order valence-corrected chi connectivity index (χ2v) is 7.79. The van der Waals surface area contributed by atoms with E-state index in [1.165, 1.54) is 18.2 Å². The molecule has 0 fully saturated rings. The van der Waals surface area contributed by atoms with Crippen molar-refractivity contribution in [2.45, 2.75) is 33.2 Å². The van der Waals surface area contributed by atoms with Gasteiger partial charge in [0, 0.05) is 19.2 Å². The molecule has 0 unspecified atom stereocenters. The molecular formula is C28H28F3NO3. The summed E-state index contributed by atoms with van der Waals surface area (Å²) in [6, 6.07) is 20.5. The van der Waals surface area contributed by atoms with Crippen LogP contribution in [0.3, 0.4) is 0 Å². The first-order valence-corrected chi connectivity index (χ1v) is 11.4. The first-order chi connectivity index (χ1) is 16.8. The Bertz CT molecular complexity index is 1130. The largest absolute Gasteiger partial charge is 0.485 e. The Kier molecular flexibility index (Phi) is 8.95. The molecule has 0 aliphatic heterocycles. The zero-order valence-electron chi connectivity index (χ0n) is 19.7. The molecule has 1 amide bonds. The van der Waals surface area contributed by atoms with Crippen LogP contribution in [0.1, 0.15) is 36.1 Å². The summed E-state index contributed by atoms with van der Waals surface area (Å²) in [4.78, 5) is 13.9. The lowest BCUT2D eigenvalue weighted by molar-refractivity contribution is -0.139. The summed E-state index contributed by atoms with van der Waals surface area (Å²) in [6.07, 6.45) is -2.05. The van der Waals surface area contributed by atoms with Crippen molar-refractivity contribution >= 4 is 12.0 Å². The van der Waals surface area contributed by atoms with Crippen molar-refractivity contribution in [3.63, 3.8) is 0 Å². The lowest BCUT2D eigenvalue weighted by Gasteiger charge is -2.19. The van der Waals surface area contributed by atoms with Gasteiger partial charge >= 0.3 is 6.18 Å². The topological polar surface area (TPSA) is 38.8 Å². The van der Waals surface area contributed by atoms with Crippen LogP contribution < -0.4 is 9.47 Å². The minimum Gasteiger partial charge on any atom is -0.485 e. The van der Waals surface area contributed by atoms with Crippen LogP contribution in [0.25, 0.3) is 6.08 Å². The Labute approximate surface area is 203 Å². The summed E-state index contributed by atoms with van der Waals surface area (Å²) in [7, 11) is 0. The Morgan fingerprint density at radius 3 is 1.91 bits per heavy atom. The molecule has 4 nitrogen and oxygen atoms in total. The van der Waals surface area contributed by atoms with Crippen LogP contribution in [0, 0.1) is 0 Å². The lowest BCUT2D eigenvalue weighted by Crippen LogP contribution is -2.28. The molecule has 0 spiro atoms. The molecular weight excluding hydrogens is 455 g/mol. The molecule has 0 aromatic heterocycles. The number of alkyl halides is 3. The van der Waals surface area contributed by atoms with E-state index < -0.39 is 11.7 Å². The summed E-state index contributed by atoms with van der Waals surface area (Å²) in [5.74, 6) is -0.709. The summed E-state index contributed by atoms with van der Waals surface area (Å²) < 4.78 is 53.8. The van der Waals surface area contributed by atoms with E-state index in [-0.39, 0.29) is 36.2 Å². The average Bonchev–Trinajstić information content (AvgIpc) is 2.86. The molecule has 0 aliphatic carbocycles. The van der Waals surface area contributed by atoms with Gasteiger partial charge in [-0.25, -0.2) is 0 Å². The zero-order chi connectivity index (χ0) is 25.3. The Balaban J connectivity index is 1.99. The van der Waals surface area contributed by atoms with E-state index in [0.717, 1.165) is 17.2 Å². The smallest absolute Gasteiger partial charge is 0.420 e. The maximum Gasteiger partial charge on any atom is 0.420 e. The first-order valence-electron chi connectivity index (χ1n) is 11.4. The molecule has 3 aromatic carbocycles. The van der Waals surface area contributed by atoms with E-state index in [1.807, 2.05) is 50.2 Å². The number of likely N-dealkylation sites (N-methyl/N-ethyl adjacent to an activating group) is 1. The van der Waals surface area contributed by atoms with Crippen LogP contribution in [0.15, 0.2) is 78.9 Å². The van der Waals surface area contributed by atoms with Gasteiger partial charge in [0.2, 0.25) is 5.91 Å². The fourth-order valence-corrected chi connectivity index (χ4v) is 3.46. The van der Waals surface area contributed by atoms with Crippen LogP contribution in [-0.2, 0) is 24.2 Å². The third-order valence-corrected chi connectivity index (χ3v) is 5.34. The molecule has 0 bridgehead atoms. The molecule has 7 heteroatoms. The normalized spacial score (nSPS) is 11.5. The number of amides is 1. The third-order valence-electron chi connectivity index (χ3n) is 5.34. The van der Waals surface area contributed by atoms with Crippen LogP contribution in [0.4, 0.5) is 13.2 Å². The maximum absolute atomic E-state index is 14.1. The molecule has 184 valence electrons. The van der Waals surface area contributed by atoms with Gasteiger partial charge in [0.15, 0.2) is 11.5 Å². The molecule has 0 N–H and O–H groups in total. The van der Waals surface area contributed by atoms with Gasteiger partial charge in [-0.3, -0.25) is 4.79 Å². The fourth-order valence-electron chi connectivity index (χ4n) is 3.46. The van der Waals surface area contributed by atoms with Crippen molar-refractivity contribution in [2.24, 2.45) is 0 Å². The number of halogens is 3. The molecule has 0 aliphatic rings. The zero-order valence-corrected chi connectivity index (χ0v) is 19.7. The van der Waals surface area contributed by atoms with Crippen LogP contribution in [0.2, 0.25) is 0 Å². The number of hydrogen-bond donors (Lipinski definition) is 0. The monoisotopic (exact) mass is 483 g/mol. The van der Waals surface area contributed by atoms with Crippen molar-refractivity contribution in [3.8, 4) is 11.5 Å². The minimum absolute atomic E-state index is 0.0467. The summed E-state index contributed by atoms with van der Waals surface area (Å²) in [5, 5.41) is 0. The summed E-state index contributed by atoms with van der Waals surface area (Å²) in [5.41, 5.74) is 0.748. The highest BCUT2D eigenvalue weighted by atomic mass is 19.4. The Morgan fingerprint density at radius 2 is 1.40 bits per heavy atom. The summed E-state index contributed by atoms with van der Waals surface area (Å²) >= 11 is 0. The molecule has 0 radical (unpaired) electrons. The van der Waals surface area contributed by atoms with Gasteiger partial charge < -0.3 is 14.4 Å².